The van der Waals surface area contributed by atoms with E-state index in [9.17, 15) is 0 Å². The fraction of sp³-hybridized carbons (Fsp3) is 0.364. The summed E-state index contributed by atoms with van der Waals surface area (Å²) in [5, 5.41) is 0. The first-order valence-corrected chi connectivity index (χ1v) is 8.89. The van der Waals surface area contributed by atoms with E-state index in [2.05, 4.69) is 30.3 Å². The van der Waals surface area contributed by atoms with Gasteiger partial charge in [-0.2, -0.15) is 0 Å². The van der Waals surface area contributed by atoms with E-state index in [4.69, 9.17) is 14.2 Å². The van der Waals surface area contributed by atoms with Gasteiger partial charge in [0.2, 0.25) is 0 Å². The van der Waals surface area contributed by atoms with Gasteiger partial charge < -0.3 is 14.2 Å². The number of aryl methyl sites for hydroxylation is 1. The molecule has 0 amide bonds. The number of hydrogen-bond donors (Lipinski definition) is 0. The van der Waals surface area contributed by atoms with Crippen molar-refractivity contribution in [1.29, 1.82) is 0 Å². The number of fused-ring (bicyclic) bond motifs is 1. The van der Waals surface area contributed by atoms with Crippen LogP contribution < -0.4 is 14.2 Å². The Morgan fingerprint density at radius 2 is 1.60 bits per heavy atom. The minimum absolute atomic E-state index is 0.579. The summed E-state index contributed by atoms with van der Waals surface area (Å²) in [6.45, 7) is 0. The minimum Gasteiger partial charge on any atom is -0.497 e. The largest absolute Gasteiger partial charge is 0.497 e. The zero-order valence-corrected chi connectivity index (χ0v) is 15.1. The zero-order valence-electron chi connectivity index (χ0n) is 15.1. The lowest BCUT2D eigenvalue weighted by Crippen LogP contribution is -2.03. The highest BCUT2D eigenvalue weighted by Crippen LogP contribution is 2.50. The van der Waals surface area contributed by atoms with E-state index in [0.29, 0.717) is 5.92 Å². The number of rotatable bonds is 5. The Labute approximate surface area is 149 Å². The summed E-state index contributed by atoms with van der Waals surface area (Å²) in [5.41, 5.74) is 6.24. The molecule has 0 radical (unpaired) electrons. The Balaban J connectivity index is 1.81. The lowest BCUT2D eigenvalue weighted by Gasteiger charge is -2.21. The Kier molecular flexibility index (Phi) is 4.16. The number of methoxy groups -OCH3 is 3. The molecule has 0 N–H and O–H groups in total. The van der Waals surface area contributed by atoms with Gasteiger partial charge in [-0.05, 0) is 78.1 Å². The molecule has 0 unspecified atom stereocenters. The number of benzene rings is 2. The van der Waals surface area contributed by atoms with E-state index >= 15 is 0 Å². The van der Waals surface area contributed by atoms with E-state index < -0.39 is 0 Å². The molecule has 4 rings (SSSR count). The van der Waals surface area contributed by atoms with E-state index in [1.54, 1.807) is 21.3 Å². The number of allylic oxidation sites excluding steroid dienone is 1. The molecule has 130 valence electrons. The van der Waals surface area contributed by atoms with Crippen molar-refractivity contribution in [3.8, 4) is 17.2 Å². The van der Waals surface area contributed by atoms with E-state index in [0.717, 1.165) is 35.7 Å². The van der Waals surface area contributed by atoms with Crippen LogP contribution in [0.15, 0.2) is 36.4 Å². The average molecular weight is 336 g/mol. The van der Waals surface area contributed by atoms with Crippen LogP contribution in [0.1, 0.15) is 47.4 Å². The highest BCUT2D eigenvalue weighted by Gasteiger charge is 2.31. The summed E-state index contributed by atoms with van der Waals surface area (Å²) in [7, 11) is 5.21. The molecule has 2 aromatic rings. The molecule has 0 atom stereocenters. The van der Waals surface area contributed by atoms with Crippen LogP contribution in [0, 0.1) is 0 Å². The molecule has 1 saturated carbocycles. The Hall–Kier alpha value is -2.42. The fourth-order valence-electron chi connectivity index (χ4n) is 3.79. The molecule has 0 bridgehead atoms. The Morgan fingerprint density at radius 1 is 0.880 bits per heavy atom. The highest BCUT2D eigenvalue weighted by molar-refractivity contribution is 5.84. The molecule has 0 aliphatic heterocycles. The van der Waals surface area contributed by atoms with E-state index in [1.165, 1.54) is 35.1 Å². The van der Waals surface area contributed by atoms with Crippen molar-refractivity contribution in [2.45, 2.75) is 31.6 Å². The molecule has 3 heteroatoms. The smallest absolute Gasteiger partial charge is 0.126 e. The maximum atomic E-state index is 5.72. The van der Waals surface area contributed by atoms with Crippen LogP contribution in [0.3, 0.4) is 0 Å². The lowest BCUT2D eigenvalue weighted by molar-refractivity contribution is 0.385. The lowest BCUT2D eigenvalue weighted by atomic mass is 9.86. The van der Waals surface area contributed by atoms with Gasteiger partial charge in [-0.1, -0.05) is 12.1 Å². The summed E-state index contributed by atoms with van der Waals surface area (Å²) in [4.78, 5) is 0. The van der Waals surface area contributed by atoms with Crippen molar-refractivity contribution >= 4 is 5.57 Å². The topological polar surface area (TPSA) is 27.7 Å². The quantitative estimate of drug-likeness (QED) is 0.772. The van der Waals surface area contributed by atoms with Gasteiger partial charge in [-0.15, -0.1) is 0 Å². The second-order valence-corrected chi connectivity index (χ2v) is 6.75. The average Bonchev–Trinajstić information content (AvgIpc) is 3.50. The third kappa shape index (κ3) is 2.88. The minimum atomic E-state index is 0.579. The molecular formula is C22H24O3. The second-order valence-electron chi connectivity index (χ2n) is 6.75. The normalized spacial score (nSPS) is 16.0. The first-order chi connectivity index (χ1) is 12.2. The molecule has 2 aliphatic rings. The van der Waals surface area contributed by atoms with Gasteiger partial charge in [-0.3, -0.25) is 0 Å². The first kappa shape index (κ1) is 16.1. The maximum Gasteiger partial charge on any atom is 0.126 e. The number of hydrogen-bond acceptors (Lipinski definition) is 3. The van der Waals surface area contributed by atoms with E-state index in [1.807, 2.05) is 6.07 Å². The molecule has 3 nitrogen and oxygen atoms in total. The van der Waals surface area contributed by atoms with Crippen molar-refractivity contribution in [1.82, 2.24) is 0 Å². The predicted octanol–water partition coefficient (Wildman–Crippen LogP) is 4.97. The molecule has 0 aromatic heterocycles. The van der Waals surface area contributed by atoms with Gasteiger partial charge in [0.1, 0.15) is 17.2 Å². The number of ether oxygens (including phenoxy) is 3. The molecule has 0 saturated heterocycles. The summed E-state index contributed by atoms with van der Waals surface area (Å²) in [6, 6.07) is 10.7. The SMILES string of the molecule is COc1ccc2c(c1)CCC=C2c1cc(OC)c(C2CC2)c(OC)c1. The van der Waals surface area contributed by atoms with Gasteiger partial charge in [-0.25, -0.2) is 0 Å². The maximum absolute atomic E-state index is 5.72. The van der Waals surface area contributed by atoms with Crippen molar-refractivity contribution < 1.29 is 14.2 Å². The first-order valence-electron chi connectivity index (χ1n) is 8.89. The van der Waals surface area contributed by atoms with Gasteiger partial charge in [0.05, 0.1) is 21.3 Å². The van der Waals surface area contributed by atoms with Crippen LogP contribution in [0.25, 0.3) is 5.57 Å². The molecule has 1 fully saturated rings. The molecular weight excluding hydrogens is 312 g/mol. The second kappa shape index (κ2) is 6.47. The molecule has 0 spiro atoms. The van der Waals surface area contributed by atoms with Crippen LogP contribution >= 0.6 is 0 Å². The standard InChI is InChI=1S/C22H24O3/c1-23-17-9-10-19-15(11-17)5-4-6-18(19)16-12-20(24-2)22(14-7-8-14)21(13-16)25-3/h6,9-14H,4-5,7-8H2,1-3H3. The zero-order chi connectivity index (χ0) is 17.4. The van der Waals surface area contributed by atoms with E-state index in [-0.39, 0.29) is 0 Å². The third-order valence-corrected chi connectivity index (χ3v) is 5.21. The van der Waals surface area contributed by atoms with Gasteiger partial charge in [0, 0.05) is 5.56 Å². The van der Waals surface area contributed by atoms with Gasteiger partial charge >= 0.3 is 0 Å². The summed E-state index contributed by atoms with van der Waals surface area (Å²) in [6.07, 6.45) is 6.84. The summed E-state index contributed by atoms with van der Waals surface area (Å²) < 4.78 is 16.8. The van der Waals surface area contributed by atoms with Crippen LogP contribution in [-0.4, -0.2) is 21.3 Å². The van der Waals surface area contributed by atoms with Gasteiger partial charge in [0.15, 0.2) is 0 Å². The van der Waals surface area contributed by atoms with Gasteiger partial charge in [0.25, 0.3) is 0 Å². The third-order valence-electron chi connectivity index (χ3n) is 5.21. The van der Waals surface area contributed by atoms with Crippen molar-refractivity contribution in [2.24, 2.45) is 0 Å². The van der Waals surface area contributed by atoms with Crippen LogP contribution in [0.5, 0.6) is 17.2 Å². The molecule has 2 aromatic carbocycles. The summed E-state index contributed by atoms with van der Waals surface area (Å²) in [5.74, 6) is 3.38. The van der Waals surface area contributed by atoms with Crippen molar-refractivity contribution in [3.05, 3.63) is 58.7 Å². The van der Waals surface area contributed by atoms with Crippen LogP contribution in [0.4, 0.5) is 0 Å². The fourth-order valence-corrected chi connectivity index (χ4v) is 3.79. The van der Waals surface area contributed by atoms with Crippen molar-refractivity contribution in [2.75, 3.05) is 21.3 Å². The van der Waals surface area contributed by atoms with Crippen LogP contribution in [0.2, 0.25) is 0 Å². The molecule has 2 aliphatic carbocycles. The Bertz CT molecular complexity index is 806. The predicted molar refractivity (Wildman–Crippen MR) is 99.9 cm³/mol. The monoisotopic (exact) mass is 336 g/mol. The molecule has 25 heavy (non-hydrogen) atoms. The summed E-state index contributed by atoms with van der Waals surface area (Å²) >= 11 is 0. The molecule has 0 heterocycles. The highest BCUT2D eigenvalue weighted by atomic mass is 16.5. The van der Waals surface area contributed by atoms with Crippen LogP contribution in [-0.2, 0) is 6.42 Å². The van der Waals surface area contributed by atoms with Crippen molar-refractivity contribution in [3.63, 3.8) is 0 Å². The Morgan fingerprint density at radius 3 is 2.20 bits per heavy atom.